The van der Waals surface area contributed by atoms with Crippen molar-refractivity contribution in [3.05, 3.63) is 52.9 Å². The van der Waals surface area contributed by atoms with E-state index in [4.69, 9.17) is 4.52 Å². The van der Waals surface area contributed by atoms with Gasteiger partial charge in [-0.15, -0.1) is 0 Å². The number of hydrogen-bond donors (Lipinski definition) is 1. The molecular weight excluding hydrogens is 226 g/mol. The Balaban J connectivity index is 1.87. The molecule has 1 heterocycles. The lowest BCUT2D eigenvalue weighted by Gasteiger charge is -2.03. The molecule has 1 aromatic carbocycles. The first-order chi connectivity index (χ1) is 8.15. The summed E-state index contributed by atoms with van der Waals surface area (Å²) < 4.78 is 30.6. The second-order valence-corrected chi connectivity index (χ2v) is 3.79. The quantitative estimate of drug-likeness (QED) is 0.889. The summed E-state index contributed by atoms with van der Waals surface area (Å²) in [7, 11) is 0. The molecule has 0 aliphatic rings. The third-order valence-corrected chi connectivity index (χ3v) is 2.29. The largest absolute Gasteiger partial charge is 0.360 e. The van der Waals surface area contributed by atoms with E-state index in [1.807, 2.05) is 13.0 Å². The molecule has 0 unspecified atom stereocenters. The molecular formula is C12H12F2N2O. The normalized spacial score (nSPS) is 10.8. The number of nitrogens with one attached hydrogen (secondary N) is 1. The summed E-state index contributed by atoms with van der Waals surface area (Å²) >= 11 is 0. The summed E-state index contributed by atoms with van der Waals surface area (Å²) in [6, 6.07) is 5.65. The molecule has 5 heteroatoms. The summed E-state index contributed by atoms with van der Waals surface area (Å²) in [5.41, 5.74) is 1.50. The molecule has 1 aromatic heterocycles. The van der Waals surface area contributed by atoms with Gasteiger partial charge < -0.3 is 9.84 Å². The van der Waals surface area contributed by atoms with Crippen molar-refractivity contribution in [2.75, 3.05) is 0 Å². The minimum atomic E-state index is -0.834. The second-order valence-electron chi connectivity index (χ2n) is 3.79. The van der Waals surface area contributed by atoms with Gasteiger partial charge in [-0.05, 0) is 24.6 Å². The van der Waals surface area contributed by atoms with E-state index in [0.29, 0.717) is 24.4 Å². The Morgan fingerprint density at radius 1 is 1.18 bits per heavy atom. The van der Waals surface area contributed by atoms with E-state index in [0.717, 1.165) is 11.8 Å². The fraction of sp³-hybridized carbons (Fsp3) is 0.250. The number of rotatable bonds is 4. The standard InChI is InChI=1S/C12H12F2N2O/c1-8-4-10(17-16-8)7-15-6-9-2-3-11(13)12(14)5-9/h2-5,15H,6-7H2,1H3. The molecule has 0 bridgehead atoms. The van der Waals surface area contributed by atoms with Crippen LogP contribution < -0.4 is 5.32 Å². The number of aromatic nitrogens is 1. The average Bonchev–Trinajstić information content (AvgIpc) is 2.70. The van der Waals surface area contributed by atoms with Gasteiger partial charge in [0, 0.05) is 12.6 Å². The Hall–Kier alpha value is -1.75. The summed E-state index contributed by atoms with van der Waals surface area (Å²) in [4.78, 5) is 0. The van der Waals surface area contributed by atoms with Crippen LogP contribution >= 0.6 is 0 Å². The Kier molecular flexibility index (Phi) is 3.49. The lowest BCUT2D eigenvalue weighted by Crippen LogP contribution is -2.12. The van der Waals surface area contributed by atoms with E-state index in [9.17, 15) is 8.78 Å². The zero-order chi connectivity index (χ0) is 12.3. The van der Waals surface area contributed by atoms with E-state index in [2.05, 4.69) is 10.5 Å². The first-order valence-corrected chi connectivity index (χ1v) is 5.22. The highest BCUT2D eigenvalue weighted by Gasteiger charge is 2.03. The number of aryl methyl sites for hydroxylation is 1. The highest BCUT2D eigenvalue weighted by molar-refractivity contribution is 5.17. The SMILES string of the molecule is Cc1cc(CNCc2ccc(F)c(F)c2)on1. The number of halogens is 2. The molecule has 17 heavy (non-hydrogen) atoms. The second kappa shape index (κ2) is 5.05. The lowest BCUT2D eigenvalue weighted by molar-refractivity contribution is 0.369. The molecule has 2 aromatic rings. The number of benzene rings is 1. The highest BCUT2D eigenvalue weighted by Crippen LogP contribution is 2.09. The highest BCUT2D eigenvalue weighted by atomic mass is 19.2. The Bertz CT molecular complexity index is 511. The van der Waals surface area contributed by atoms with Gasteiger partial charge in [0.2, 0.25) is 0 Å². The van der Waals surface area contributed by atoms with Gasteiger partial charge in [-0.2, -0.15) is 0 Å². The van der Waals surface area contributed by atoms with Crippen LogP contribution in [0.5, 0.6) is 0 Å². The molecule has 0 saturated heterocycles. The summed E-state index contributed by atoms with van der Waals surface area (Å²) in [5, 5.41) is 6.80. The maximum atomic E-state index is 12.9. The molecule has 3 nitrogen and oxygen atoms in total. The fourth-order valence-corrected chi connectivity index (χ4v) is 1.48. The van der Waals surface area contributed by atoms with Gasteiger partial charge in [0.15, 0.2) is 17.4 Å². The molecule has 0 aliphatic heterocycles. The molecule has 2 rings (SSSR count). The molecule has 1 N–H and O–H groups in total. The van der Waals surface area contributed by atoms with Crippen LogP contribution in [0.15, 0.2) is 28.8 Å². The van der Waals surface area contributed by atoms with E-state index >= 15 is 0 Å². The van der Waals surface area contributed by atoms with Gasteiger partial charge in [-0.3, -0.25) is 0 Å². The minimum Gasteiger partial charge on any atom is -0.360 e. The van der Waals surface area contributed by atoms with Gasteiger partial charge in [-0.1, -0.05) is 11.2 Å². The van der Waals surface area contributed by atoms with Crippen molar-refractivity contribution < 1.29 is 13.3 Å². The van der Waals surface area contributed by atoms with Crippen LogP contribution in [-0.2, 0) is 13.1 Å². The predicted molar refractivity (Wildman–Crippen MR) is 58.1 cm³/mol. The van der Waals surface area contributed by atoms with Crippen LogP contribution in [-0.4, -0.2) is 5.16 Å². The number of hydrogen-bond acceptors (Lipinski definition) is 3. The van der Waals surface area contributed by atoms with Crippen molar-refractivity contribution in [2.45, 2.75) is 20.0 Å². The van der Waals surface area contributed by atoms with Crippen molar-refractivity contribution >= 4 is 0 Å². The van der Waals surface area contributed by atoms with Crippen LogP contribution in [0.25, 0.3) is 0 Å². The van der Waals surface area contributed by atoms with Crippen molar-refractivity contribution in [2.24, 2.45) is 0 Å². The third kappa shape index (κ3) is 3.10. The average molecular weight is 238 g/mol. The molecule has 0 atom stereocenters. The smallest absolute Gasteiger partial charge is 0.159 e. The van der Waals surface area contributed by atoms with Crippen molar-refractivity contribution in [1.29, 1.82) is 0 Å². The van der Waals surface area contributed by atoms with E-state index in [-0.39, 0.29) is 0 Å². The molecule has 0 aliphatic carbocycles. The first kappa shape index (κ1) is 11.7. The Morgan fingerprint density at radius 3 is 2.65 bits per heavy atom. The first-order valence-electron chi connectivity index (χ1n) is 5.22. The monoisotopic (exact) mass is 238 g/mol. The summed E-state index contributed by atoms with van der Waals surface area (Å²) in [6.45, 7) is 2.78. The Morgan fingerprint density at radius 2 is 2.00 bits per heavy atom. The van der Waals surface area contributed by atoms with Crippen LogP contribution in [0.4, 0.5) is 8.78 Å². The molecule has 0 fully saturated rings. The third-order valence-electron chi connectivity index (χ3n) is 2.29. The number of nitrogens with zero attached hydrogens (tertiary/aromatic N) is 1. The molecule has 0 radical (unpaired) electrons. The summed E-state index contributed by atoms with van der Waals surface area (Å²) in [5.74, 6) is -0.954. The zero-order valence-corrected chi connectivity index (χ0v) is 9.34. The zero-order valence-electron chi connectivity index (χ0n) is 9.34. The Labute approximate surface area is 97.4 Å². The van der Waals surface area contributed by atoms with Gasteiger partial charge >= 0.3 is 0 Å². The van der Waals surface area contributed by atoms with Crippen molar-refractivity contribution in [3.63, 3.8) is 0 Å². The van der Waals surface area contributed by atoms with Gasteiger partial charge in [0.1, 0.15) is 0 Å². The van der Waals surface area contributed by atoms with Crippen molar-refractivity contribution in [3.8, 4) is 0 Å². The topological polar surface area (TPSA) is 38.1 Å². The minimum absolute atomic E-state index is 0.441. The van der Waals surface area contributed by atoms with Crippen molar-refractivity contribution in [1.82, 2.24) is 10.5 Å². The lowest BCUT2D eigenvalue weighted by atomic mass is 10.2. The van der Waals surface area contributed by atoms with Gasteiger partial charge in [0.25, 0.3) is 0 Å². The van der Waals surface area contributed by atoms with E-state index < -0.39 is 11.6 Å². The molecule has 90 valence electrons. The van der Waals surface area contributed by atoms with Crippen LogP contribution in [0.3, 0.4) is 0 Å². The summed E-state index contributed by atoms with van der Waals surface area (Å²) in [6.07, 6.45) is 0. The van der Waals surface area contributed by atoms with E-state index in [1.165, 1.54) is 12.1 Å². The molecule has 0 saturated carbocycles. The van der Waals surface area contributed by atoms with Crippen LogP contribution in [0.1, 0.15) is 17.0 Å². The predicted octanol–water partition coefficient (Wildman–Crippen LogP) is 2.55. The molecule has 0 spiro atoms. The van der Waals surface area contributed by atoms with Gasteiger partial charge in [-0.25, -0.2) is 8.78 Å². The van der Waals surface area contributed by atoms with Gasteiger partial charge in [0.05, 0.1) is 12.2 Å². The van der Waals surface area contributed by atoms with Crippen LogP contribution in [0, 0.1) is 18.6 Å². The van der Waals surface area contributed by atoms with E-state index in [1.54, 1.807) is 0 Å². The maximum Gasteiger partial charge on any atom is 0.159 e. The van der Waals surface area contributed by atoms with Crippen LogP contribution in [0.2, 0.25) is 0 Å². The maximum absolute atomic E-state index is 12.9. The fourth-order valence-electron chi connectivity index (χ4n) is 1.48. The molecule has 0 amide bonds.